The highest BCUT2D eigenvalue weighted by Gasteiger charge is 2.34. The fraction of sp³-hybridized carbons (Fsp3) is 0.278. The smallest absolute Gasteiger partial charge is 0.139 e. The monoisotopic (exact) mass is 324 g/mol. The van der Waals surface area contributed by atoms with E-state index in [2.05, 4.69) is 33.0 Å². The van der Waals surface area contributed by atoms with E-state index < -0.39 is 0 Å². The minimum absolute atomic E-state index is 0.494. The largest absolute Gasteiger partial charge is 0.356 e. The summed E-state index contributed by atoms with van der Waals surface area (Å²) in [6, 6.07) is 10.4. The summed E-state index contributed by atoms with van der Waals surface area (Å²) in [7, 11) is 2.11. The summed E-state index contributed by atoms with van der Waals surface area (Å²) in [5.74, 6) is 1.57. The van der Waals surface area contributed by atoms with E-state index in [4.69, 9.17) is 11.6 Å². The van der Waals surface area contributed by atoms with Crippen molar-refractivity contribution in [2.24, 2.45) is 0 Å². The van der Waals surface area contributed by atoms with Crippen LogP contribution in [0.4, 0.5) is 5.82 Å². The molecular weight excluding hydrogens is 308 g/mol. The van der Waals surface area contributed by atoms with Gasteiger partial charge in [0.15, 0.2) is 0 Å². The molecule has 0 aliphatic heterocycles. The van der Waals surface area contributed by atoms with Crippen LogP contribution in [0.15, 0.2) is 49.1 Å². The lowest BCUT2D eigenvalue weighted by Crippen LogP contribution is -2.42. The van der Waals surface area contributed by atoms with E-state index in [-0.39, 0.29) is 0 Å². The third-order valence-electron chi connectivity index (χ3n) is 4.73. The van der Waals surface area contributed by atoms with E-state index in [1.54, 1.807) is 6.33 Å². The predicted octanol–water partition coefficient (Wildman–Crippen LogP) is 4.06. The van der Waals surface area contributed by atoms with Crippen LogP contribution in [0.5, 0.6) is 0 Å². The lowest BCUT2D eigenvalue weighted by molar-refractivity contribution is 0.338. The number of nitrogens with zero attached hydrogens (tertiary/aromatic N) is 4. The second kappa shape index (κ2) is 5.78. The Labute approximate surface area is 140 Å². The van der Waals surface area contributed by atoms with Gasteiger partial charge in [-0.2, -0.15) is 0 Å². The molecule has 0 unspecified atom stereocenters. The second-order valence-corrected chi connectivity index (χ2v) is 6.51. The zero-order valence-corrected chi connectivity index (χ0v) is 13.6. The van der Waals surface area contributed by atoms with Crippen LogP contribution < -0.4 is 4.90 Å². The van der Waals surface area contributed by atoms with E-state index in [1.807, 2.05) is 36.7 Å². The molecule has 1 fully saturated rings. The maximum Gasteiger partial charge on any atom is 0.139 e. The van der Waals surface area contributed by atoms with Crippen molar-refractivity contribution in [3.63, 3.8) is 0 Å². The Morgan fingerprint density at radius 1 is 1.17 bits per heavy atom. The summed E-state index contributed by atoms with van der Waals surface area (Å²) >= 11 is 6.06. The number of hydrogen-bond acceptors (Lipinski definition) is 4. The van der Waals surface area contributed by atoms with Crippen LogP contribution in [-0.2, 0) is 0 Å². The highest BCUT2D eigenvalue weighted by Crippen LogP contribution is 2.41. The first-order chi connectivity index (χ1) is 11.2. The van der Waals surface area contributed by atoms with Gasteiger partial charge < -0.3 is 4.90 Å². The molecule has 1 aliphatic rings. The van der Waals surface area contributed by atoms with Crippen LogP contribution in [0.1, 0.15) is 24.3 Å². The third-order valence-corrected chi connectivity index (χ3v) is 4.96. The Morgan fingerprint density at radius 2 is 2.04 bits per heavy atom. The molecule has 0 radical (unpaired) electrons. The standard InChI is InChI=1S/C18H17ClN4/c1-23(15-7-13(8-15)12-3-2-6-20-10-12)18-16-5-4-14(19)9-17(16)21-11-22-18/h2-6,9-11,13,15H,7-8H2,1H3. The quantitative estimate of drug-likeness (QED) is 0.728. The van der Waals surface area contributed by atoms with Gasteiger partial charge in [0, 0.05) is 35.9 Å². The normalized spacial score (nSPS) is 20.3. The number of hydrogen-bond donors (Lipinski definition) is 0. The third kappa shape index (κ3) is 2.63. The summed E-state index contributed by atoms with van der Waals surface area (Å²) in [4.78, 5) is 15.3. The second-order valence-electron chi connectivity index (χ2n) is 6.08. The molecule has 0 saturated heterocycles. The van der Waals surface area contributed by atoms with Gasteiger partial charge in [0.05, 0.1) is 5.52 Å². The number of benzene rings is 1. The molecule has 116 valence electrons. The maximum atomic E-state index is 6.06. The zero-order chi connectivity index (χ0) is 15.8. The summed E-state index contributed by atoms with van der Waals surface area (Å²) in [5.41, 5.74) is 2.22. The molecule has 0 amide bonds. The fourth-order valence-electron chi connectivity index (χ4n) is 3.26. The molecule has 5 heteroatoms. The van der Waals surface area contributed by atoms with Gasteiger partial charge in [-0.05, 0) is 48.6 Å². The topological polar surface area (TPSA) is 41.9 Å². The fourth-order valence-corrected chi connectivity index (χ4v) is 3.43. The Kier molecular flexibility index (Phi) is 3.62. The molecule has 0 atom stereocenters. The van der Waals surface area contributed by atoms with E-state index in [9.17, 15) is 0 Å². The van der Waals surface area contributed by atoms with Gasteiger partial charge in [0.2, 0.25) is 0 Å². The number of pyridine rings is 1. The zero-order valence-electron chi connectivity index (χ0n) is 12.9. The van der Waals surface area contributed by atoms with E-state index in [0.717, 1.165) is 29.6 Å². The van der Waals surface area contributed by atoms with E-state index >= 15 is 0 Å². The maximum absolute atomic E-state index is 6.06. The van der Waals surface area contributed by atoms with Crippen LogP contribution in [0.3, 0.4) is 0 Å². The van der Waals surface area contributed by atoms with Crippen molar-refractivity contribution in [1.29, 1.82) is 0 Å². The number of aromatic nitrogens is 3. The van der Waals surface area contributed by atoms with Gasteiger partial charge in [-0.25, -0.2) is 9.97 Å². The summed E-state index contributed by atoms with van der Waals surface area (Å²) < 4.78 is 0. The van der Waals surface area contributed by atoms with Crippen LogP contribution in [0, 0.1) is 0 Å². The summed E-state index contributed by atoms with van der Waals surface area (Å²) in [6.07, 6.45) is 7.66. The van der Waals surface area contributed by atoms with Gasteiger partial charge in [-0.15, -0.1) is 0 Å². The summed E-state index contributed by atoms with van der Waals surface area (Å²) in [6.45, 7) is 0. The van der Waals surface area contributed by atoms with Crippen molar-refractivity contribution in [2.75, 3.05) is 11.9 Å². The van der Waals surface area contributed by atoms with Crippen molar-refractivity contribution >= 4 is 28.3 Å². The number of rotatable bonds is 3. The molecule has 1 aliphatic carbocycles. The first-order valence-electron chi connectivity index (χ1n) is 7.75. The van der Waals surface area contributed by atoms with Crippen LogP contribution >= 0.6 is 11.6 Å². The number of anilines is 1. The lowest BCUT2D eigenvalue weighted by atomic mass is 9.75. The number of fused-ring (bicyclic) bond motifs is 1. The molecular formula is C18H17ClN4. The Balaban J connectivity index is 1.56. The lowest BCUT2D eigenvalue weighted by Gasteiger charge is -2.42. The molecule has 2 heterocycles. The Morgan fingerprint density at radius 3 is 2.83 bits per heavy atom. The predicted molar refractivity (Wildman–Crippen MR) is 93.0 cm³/mol. The Hall–Kier alpha value is -2.20. The van der Waals surface area contributed by atoms with Gasteiger partial charge in [-0.1, -0.05) is 17.7 Å². The van der Waals surface area contributed by atoms with Crippen molar-refractivity contribution in [2.45, 2.75) is 24.8 Å². The van der Waals surface area contributed by atoms with Crippen LogP contribution in [0.2, 0.25) is 5.02 Å². The van der Waals surface area contributed by atoms with Crippen LogP contribution in [-0.4, -0.2) is 28.0 Å². The van der Waals surface area contributed by atoms with Crippen LogP contribution in [0.25, 0.3) is 10.9 Å². The summed E-state index contributed by atoms with van der Waals surface area (Å²) in [5, 5.41) is 1.74. The van der Waals surface area contributed by atoms with Gasteiger partial charge >= 0.3 is 0 Å². The molecule has 4 rings (SSSR count). The average molecular weight is 325 g/mol. The molecule has 3 aromatic rings. The minimum atomic E-state index is 0.494. The van der Waals surface area contributed by atoms with E-state index in [1.165, 1.54) is 5.56 Å². The molecule has 1 aromatic carbocycles. The average Bonchev–Trinajstić information content (AvgIpc) is 2.53. The SMILES string of the molecule is CN(c1ncnc2cc(Cl)ccc12)C1CC(c2cccnc2)C1. The number of halogens is 1. The van der Waals surface area contributed by atoms with Crippen molar-refractivity contribution < 1.29 is 0 Å². The van der Waals surface area contributed by atoms with Crippen molar-refractivity contribution in [3.8, 4) is 0 Å². The van der Waals surface area contributed by atoms with Gasteiger partial charge in [-0.3, -0.25) is 4.98 Å². The molecule has 23 heavy (non-hydrogen) atoms. The highest BCUT2D eigenvalue weighted by atomic mass is 35.5. The molecule has 0 N–H and O–H groups in total. The first-order valence-corrected chi connectivity index (χ1v) is 8.13. The first kappa shape index (κ1) is 14.4. The van der Waals surface area contributed by atoms with Crippen molar-refractivity contribution in [3.05, 3.63) is 59.6 Å². The molecule has 1 saturated carbocycles. The van der Waals surface area contributed by atoms with E-state index in [0.29, 0.717) is 17.0 Å². The Bertz CT molecular complexity index is 831. The molecule has 0 bridgehead atoms. The molecule has 0 spiro atoms. The molecule has 2 aromatic heterocycles. The highest BCUT2D eigenvalue weighted by molar-refractivity contribution is 6.31. The molecule has 4 nitrogen and oxygen atoms in total. The van der Waals surface area contributed by atoms with Gasteiger partial charge in [0.1, 0.15) is 12.1 Å². The van der Waals surface area contributed by atoms with Gasteiger partial charge in [0.25, 0.3) is 0 Å². The minimum Gasteiger partial charge on any atom is -0.356 e. The van der Waals surface area contributed by atoms with Crippen molar-refractivity contribution in [1.82, 2.24) is 15.0 Å².